The van der Waals surface area contributed by atoms with Crippen LogP contribution in [0, 0.1) is 0 Å². The van der Waals surface area contributed by atoms with Gasteiger partial charge in [-0.3, -0.25) is 9.59 Å². The van der Waals surface area contributed by atoms with E-state index in [2.05, 4.69) is 15.9 Å². The molecule has 1 fully saturated rings. The van der Waals surface area contributed by atoms with E-state index in [1.54, 1.807) is 36.4 Å². The van der Waals surface area contributed by atoms with E-state index in [1.165, 1.54) is 0 Å². The summed E-state index contributed by atoms with van der Waals surface area (Å²) in [7, 11) is 0. The Labute approximate surface area is 209 Å². The van der Waals surface area contributed by atoms with Crippen LogP contribution in [0.2, 0.25) is 5.02 Å². The highest BCUT2D eigenvalue weighted by Gasteiger charge is 2.36. The van der Waals surface area contributed by atoms with Crippen LogP contribution in [0.4, 0.5) is 10.5 Å². The number of nitrogens with zero attached hydrogens (tertiary/aromatic N) is 1. The average Bonchev–Trinajstić information content (AvgIpc) is 3.07. The lowest BCUT2D eigenvalue weighted by molar-refractivity contribution is -0.113. The Balaban J connectivity index is 1.60. The summed E-state index contributed by atoms with van der Waals surface area (Å²) in [6.45, 7) is 2.72. The number of thioether (sulfide) groups is 1. The maximum atomic E-state index is 12.9. The summed E-state index contributed by atoms with van der Waals surface area (Å²) >= 11 is 10.4. The normalized spacial score (nSPS) is 14.8. The molecular formula is C25H19BrClNO4S. The van der Waals surface area contributed by atoms with Gasteiger partial charge in [-0.25, -0.2) is 4.90 Å². The topological polar surface area (TPSA) is 55.8 Å². The summed E-state index contributed by atoms with van der Waals surface area (Å²) in [4.78, 5) is 26.9. The first-order valence-electron chi connectivity index (χ1n) is 10.1. The van der Waals surface area contributed by atoms with E-state index in [9.17, 15) is 9.59 Å². The summed E-state index contributed by atoms with van der Waals surface area (Å²) in [6.07, 6.45) is 1.68. The first kappa shape index (κ1) is 23.4. The molecule has 0 bridgehead atoms. The Bertz CT molecular complexity index is 1220. The Morgan fingerprint density at radius 2 is 1.76 bits per heavy atom. The number of ether oxygens (including phenoxy) is 2. The molecule has 0 radical (unpaired) electrons. The van der Waals surface area contributed by atoms with Gasteiger partial charge in [0.1, 0.15) is 6.61 Å². The van der Waals surface area contributed by atoms with Crippen LogP contribution < -0.4 is 14.4 Å². The number of hydrogen-bond donors (Lipinski definition) is 0. The lowest BCUT2D eigenvalue weighted by Crippen LogP contribution is -2.27. The van der Waals surface area contributed by atoms with Crippen molar-refractivity contribution in [3.05, 3.63) is 92.3 Å². The fraction of sp³-hybridized carbons (Fsp3) is 0.120. The molecule has 0 saturated carbocycles. The molecule has 0 spiro atoms. The van der Waals surface area contributed by atoms with Crippen LogP contribution in [0.15, 0.2) is 76.1 Å². The van der Waals surface area contributed by atoms with Gasteiger partial charge >= 0.3 is 0 Å². The van der Waals surface area contributed by atoms with Crippen molar-refractivity contribution in [2.45, 2.75) is 13.5 Å². The van der Waals surface area contributed by atoms with Crippen molar-refractivity contribution < 1.29 is 19.1 Å². The Morgan fingerprint density at radius 1 is 1.03 bits per heavy atom. The second-order valence-corrected chi connectivity index (χ2v) is 9.31. The molecule has 4 rings (SSSR count). The molecule has 2 amide bonds. The minimum Gasteiger partial charge on any atom is -0.490 e. The Kier molecular flexibility index (Phi) is 7.42. The third kappa shape index (κ3) is 5.43. The third-order valence-electron chi connectivity index (χ3n) is 4.73. The number of halogens is 2. The highest BCUT2D eigenvalue weighted by molar-refractivity contribution is 9.10. The summed E-state index contributed by atoms with van der Waals surface area (Å²) < 4.78 is 12.5. The standard InChI is InChI=1S/C25H19BrClNO4S/c1-2-31-21-13-17(12-20(26)23(21)32-15-16-6-4-3-5-7-16)14-22-24(29)28(25(30)33-22)19-10-8-18(27)9-11-19/h3-14H,2,15H2,1H3/b22-14+. The number of benzene rings is 3. The summed E-state index contributed by atoms with van der Waals surface area (Å²) in [5.74, 6) is 0.740. The van der Waals surface area contributed by atoms with Gasteiger partial charge in [0.2, 0.25) is 0 Å². The number of hydrogen-bond acceptors (Lipinski definition) is 5. The summed E-state index contributed by atoms with van der Waals surface area (Å²) in [6, 6.07) is 20.0. The average molecular weight is 545 g/mol. The second-order valence-electron chi connectivity index (χ2n) is 7.03. The number of anilines is 1. The van der Waals surface area contributed by atoms with Crippen LogP contribution in [0.1, 0.15) is 18.1 Å². The van der Waals surface area contributed by atoms with Gasteiger partial charge in [0.25, 0.3) is 11.1 Å². The van der Waals surface area contributed by atoms with Crippen molar-refractivity contribution in [3.8, 4) is 11.5 Å². The third-order valence-corrected chi connectivity index (χ3v) is 6.44. The molecule has 1 saturated heterocycles. The maximum absolute atomic E-state index is 12.9. The first-order chi connectivity index (χ1) is 16.0. The first-order valence-corrected chi connectivity index (χ1v) is 12.1. The van der Waals surface area contributed by atoms with E-state index in [4.69, 9.17) is 21.1 Å². The van der Waals surface area contributed by atoms with Crippen molar-refractivity contribution in [1.29, 1.82) is 0 Å². The van der Waals surface area contributed by atoms with Gasteiger partial charge < -0.3 is 9.47 Å². The molecule has 5 nitrogen and oxygen atoms in total. The van der Waals surface area contributed by atoms with E-state index < -0.39 is 0 Å². The maximum Gasteiger partial charge on any atom is 0.298 e. The molecule has 0 aromatic heterocycles. The van der Waals surface area contributed by atoms with Gasteiger partial charge in [0.05, 0.1) is 21.7 Å². The van der Waals surface area contributed by atoms with E-state index in [0.29, 0.717) is 50.4 Å². The molecule has 1 aliphatic heterocycles. The minimum absolute atomic E-state index is 0.322. The molecular weight excluding hydrogens is 526 g/mol. The van der Waals surface area contributed by atoms with Crippen LogP contribution in [0.5, 0.6) is 11.5 Å². The fourth-order valence-electron chi connectivity index (χ4n) is 3.24. The van der Waals surface area contributed by atoms with Gasteiger partial charge in [-0.2, -0.15) is 0 Å². The van der Waals surface area contributed by atoms with Crippen molar-refractivity contribution in [2.75, 3.05) is 11.5 Å². The van der Waals surface area contributed by atoms with Crippen molar-refractivity contribution in [2.24, 2.45) is 0 Å². The molecule has 8 heteroatoms. The van der Waals surface area contributed by atoms with Crippen molar-refractivity contribution >= 4 is 62.2 Å². The molecule has 0 aliphatic carbocycles. The number of carbonyl (C=O) groups excluding carboxylic acids is 2. The lowest BCUT2D eigenvalue weighted by atomic mass is 10.1. The van der Waals surface area contributed by atoms with Crippen LogP contribution >= 0.6 is 39.3 Å². The minimum atomic E-state index is -0.384. The van der Waals surface area contributed by atoms with Crippen molar-refractivity contribution in [3.63, 3.8) is 0 Å². The summed E-state index contributed by atoms with van der Waals surface area (Å²) in [5.41, 5.74) is 2.22. The van der Waals surface area contributed by atoms with E-state index in [-0.39, 0.29) is 11.1 Å². The van der Waals surface area contributed by atoms with Crippen LogP contribution in [0.3, 0.4) is 0 Å². The predicted octanol–water partition coefficient (Wildman–Crippen LogP) is 7.32. The van der Waals surface area contributed by atoms with Gasteiger partial charge in [-0.15, -0.1) is 0 Å². The molecule has 33 heavy (non-hydrogen) atoms. The molecule has 3 aromatic carbocycles. The Morgan fingerprint density at radius 3 is 2.45 bits per heavy atom. The zero-order valence-corrected chi connectivity index (χ0v) is 20.7. The van der Waals surface area contributed by atoms with Gasteiger partial charge in [0.15, 0.2) is 11.5 Å². The second kappa shape index (κ2) is 10.5. The zero-order chi connectivity index (χ0) is 23.4. The number of imide groups is 1. The molecule has 3 aromatic rings. The molecule has 0 atom stereocenters. The van der Waals surface area contributed by atoms with E-state index >= 15 is 0 Å². The van der Waals surface area contributed by atoms with Crippen LogP contribution in [-0.4, -0.2) is 17.8 Å². The summed E-state index contributed by atoms with van der Waals surface area (Å²) in [5, 5.41) is 0.171. The van der Waals surface area contributed by atoms with Gasteiger partial charge in [0, 0.05) is 5.02 Å². The number of carbonyl (C=O) groups is 2. The highest BCUT2D eigenvalue weighted by atomic mass is 79.9. The molecule has 0 unspecified atom stereocenters. The quantitative estimate of drug-likeness (QED) is 0.292. The van der Waals surface area contributed by atoms with Gasteiger partial charge in [-0.1, -0.05) is 41.9 Å². The van der Waals surface area contributed by atoms with E-state index in [0.717, 1.165) is 22.2 Å². The van der Waals surface area contributed by atoms with E-state index in [1.807, 2.05) is 43.3 Å². The molecule has 1 heterocycles. The smallest absolute Gasteiger partial charge is 0.298 e. The van der Waals surface area contributed by atoms with Crippen molar-refractivity contribution in [1.82, 2.24) is 0 Å². The predicted molar refractivity (Wildman–Crippen MR) is 136 cm³/mol. The Hall–Kier alpha value is -2.74. The largest absolute Gasteiger partial charge is 0.490 e. The highest BCUT2D eigenvalue weighted by Crippen LogP contribution is 2.40. The van der Waals surface area contributed by atoms with Crippen LogP contribution in [0.25, 0.3) is 6.08 Å². The molecule has 1 aliphatic rings. The fourth-order valence-corrected chi connectivity index (χ4v) is 4.78. The molecule has 0 N–H and O–H groups in total. The molecule has 168 valence electrons. The SMILES string of the molecule is CCOc1cc(/C=C2/SC(=O)N(c3ccc(Cl)cc3)C2=O)cc(Br)c1OCc1ccccc1. The number of rotatable bonds is 7. The lowest BCUT2D eigenvalue weighted by Gasteiger charge is -2.15. The monoisotopic (exact) mass is 543 g/mol. The van der Waals surface area contributed by atoms with Gasteiger partial charge in [-0.05, 0) is 88.2 Å². The number of amides is 2. The van der Waals surface area contributed by atoms with Crippen LogP contribution in [-0.2, 0) is 11.4 Å². The zero-order valence-electron chi connectivity index (χ0n) is 17.6.